The lowest BCUT2D eigenvalue weighted by molar-refractivity contribution is 0.156. The van der Waals surface area contributed by atoms with Gasteiger partial charge < -0.3 is 14.6 Å². The van der Waals surface area contributed by atoms with Gasteiger partial charge in [0.15, 0.2) is 0 Å². The molecule has 1 aromatic carbocycles. The average molecular weight is 363 g/mol. The number of aliphatic hydroxyl groups is 1. The molecule has 0 aliphatic carbocycles. The van der Waals surface area contributed by atoms with Gasteiger partial charge in [-0.15, -0.1) is 23.7 Å². The summed E-state index contributed by atoms with van der Waals surface area (Å²) >= 11 is 1.84. The van der Waals surface area contributed by atoms with E-state index in [2.05, 4.69) is 29.5 Å². The minimum Gasteiger partial charge on any atom is -0.387 e. The highest BCUT2D eigenvalue weighted by molar-refractivity contribution is 7.18. The van der Waals surface area contributed by atoms with Crippen LogP contribution in [0.1, 0.15) is 27.8 Å². The number of benzene rings is 1. The lowest BCUT2D eigenvalue weighted by Gasteiger charge is -2.25. The number of thiophene rings is 1. The molecule has 1 aliphatic heterocycles. The van der Waals surface area contributed by atoms with Gasteiger partial charge >= 0.3 is 0 Å². The highest BCUT2D eigenvalue weighted by atomic mass is 35.5. The van der Waals surface area contributed by atoms with Gasteiger partial charge in [-0.3, -0.25) is 0 Å². The number of aromatic nitrogens is 1. The lowest BCUT2D eigenvalue weighted by Crippen LogP contribution is -2.27. The van der Waals surface area contributed by atoms with Crippen molar-refractivity contribution in [2.45, 2.75) is 32.5 Å². The Labute approximate surface area is 152 Å². The van der Waals surface area contributed by atoms with Crippen LogP contribution in [0.25, 0.3) is 10.2 Å². The number of halogens is 1. The van der Waals surface area contributed by atoms with Gasteiger partial charge in [0.2, 0.25) is 0 Å². The molecular formula is C19H23ClN2OS. The molecule has 4 rings (SSSR count). The Morgan fingerprint density at radius 1 is 1.25 bits per heavy atom. The smallest absolute Gasteiger partial charge is 0.103 e. The van der Waals surface area contributed by atoms with Crippen molar-refractivity contribution in [2.24, 2.45) is 0 Å². The molecule has 2 aromatic heterocycles. The van der Waals surface area contributed by atoms with Gasteiger partial charge in [-0.2, -0.15) is 0 Å². The Balaban J connectivity index is 0.00000169. The van der Waals surface area contributed by atoms with Crippen molar-refractivity contribution in [3.05, 3.63) is 58.1 Å². The molecule has 1 unspecified atom stereocenters. The van der Waals surface area contributed by atoms with Crippen LogP contribution in [0.4, 0.5) is 0 Å². The number of likely N-dealkylation sites (N-methyl/N-ethyl adjacent to an activating group) is 1. The molecule has 3 heterocycles. The van der Waals surface area contributed by atoms with E-state index >= 15 is 0 Å². The quantitative estimate of drug-likeness (QED) is 0.758. The van der Waals surface area contributed by atoms with Crippen LogP contribution in [-0.4, -0.2) is 28.2 Å². The molecule has 128 valence electrons. The van der Waals surface area contributed by atoms with E-state index in [0.29, 0.717) is 6.54 Å². The van der Waals surface area contributed by atoms with Crippen LogP contribution in [0.5, 0.6) is 0 Å². The Morgan fingerprint density at radius 2 is 2.00 bits per heavy atom. The second-order valence-electron chi connectivity index (χ2n) is 6.53. The largest absolute Gasteiger partial charge is 0.387 e. The topological polar surface area (TPSA) is 28.4 Å². The molecule has 3 nitrogen and oxygen atoms in total. The van der Waals surface area contributed by atoms with Crippen LogP contribution in [0.15, 0.2) is 36.4 Å². The third kappa shape index (κ3) is 3.00. The molecule has 0 amide bonds. The molecule has 0 spiro atoms. The zero-order chi connectivity index (χ0) is 16.0. The highest BCUT2D eigenvalue weighted by Gasteiger charge is 2.25. The molecule has 0 bridgehead atoms. The van der Waals surface area contributed by atoms with Crippen molar-refractivity contribution in [3.8, 4) is 0 Å². The number of nitrogens with zero attached hydrogens (tertiary/aromatic N) is 2. The van der Waals surface area contributed by atoms with Crippen molar-refractivity contribution in [1.82, 2.24) is 9.47 Å². The standard InChI is InChI=1S/C19H22N2OS.ClH/c1-13-10-15-16-11-20(2)9-8-17(16)21(19(15)23-13)12-18(22)14-6-4-3-5-7-14;/h3-7,10,18,22H,8-9,11-12H2,1-2H3;1H. The molecule has 24 heavy (non-hydrogen) atoms. The van der Waals surface area contributed by atoms with Gasteiger partial charge in [-0.25, -0.2) is 0 Å². The van der Waals surface area contributed by atoms with E-state index in [0.717, 1.165) is 25.1 Å². The predicted octanol–water partition coefficient (Wildman–Crippen LogP) is 4.15. The number of fused-ring (bicyclic) bond motifs is 3. The molecule has 1 aliphatic rings. The number of hydrogen-bond acceptors (Lipinski definition) is 3. The Morgan fingerprint density at radius 3 is 2.75 bits per heavy atom. The van der Waals surface area contributed by atoms with E-state index in [1.807, 2.05) is 41.7 Å². The first-order chi connectivity index (χ1) is 11.1. The van der Waals surface area contributed by atoms with Gasteiger partial charge in [0.05, 0.1) is 12.6 Å². The zero-order valence-electron chi connectivity index (χ0n) is 14.0. The molecule has 0 saturated heterocycles. The summed E-state index contributed by atoms with van der Waals surface area (Å²) in [7, 11) is 2.18. The van der Waals surface area contributed by atoms with Crippen molar-refractivity contribution in [1.29, 1.82) is 0 Å². The molecule has 3 aromatic rings. The zero-order valence-corrected chi connectivity index (χ0v) is 15.7. The third-order valence-corrected chi connectivity index (χ3v) is 5.85. The Kier molecular flexibility index (Phi) is 5.02. The second-order valence-corrected chi connectivity index (χ2v) is 7.76. The maximum absolute atomic E-state index is 10.7. The Hall–Kier alpha value is -1.33. The van der Waals surface area contributed by atoms with Crippen LogP contribution in [0, 0.1) is 6.92 Å². The molecule has 5 heteroatoms. The van der Waals surface area contributed by atoms with E-state index in [1.54, 1.807) is 0 Å². The van der Waals surface area contributed by atoms with Crippen LogP contribution < -0.4 is 0 Å². The summed E-state index contributed by atoms with van der Waals surface area (Å²) in [5.74, 6) is 0. The summed E-state index contributed by atoms with van der Waals surface area (Å²) in [4.78, 5) is 5.04. The molecule has 0 radical (unpaired) electrons. The van der Waals surface area contributed by atoms with E-state index in [4.69, 9.17) is 0 Å². The molecule has 1 N–H and O–H groups in total. The predicted molar refractivity (Wildman–Crippen MR) is 103 cm³/mol. The maximum atomic E-state index is 10.7. The van der Waals surface area contributed by atoms with Crippen LogP contribution in [0.2, 0.25) is 0 Å². The molecule has 0 fully saturated rings. The van der Waals surface area contributed by atoms with Crippen molar-refractivity contribution >= 4 is 34.0 Å². The number of aryl methyl sites for hydroxylation is 1. The summed E-state index contributed by atoms with van der Waals surface area (Å²) in [6.45, 7) is 4.90. The summed E-state index contributed by atoms with van der Waals surface area (Å²) in [6.07, 6.45) is 0.603. The average Bonchev–Trinajstić information content (AvgIpc) is 3.05. The first-order valence-electron chi connectivity index (χ1n) is 8.15. The fraction of sp³-hybridized carbons (Fsp3) is 0.368. The summed E-state index contributed by atoms with van der Waals surface area (Å²) in [5, 5.41) is 12.1. The normalized spacial score (nSPS) is 16.0. The van der Waals surface area contributed by atoms with Crippen molar-refractivity contribution < 1.29 is 5.11 Å². The SMILES string of the molecule is Cc1cc2c3c(n(CC(O)c4ccccc4)c2s1)CCN(C)C3.Cl. The summed E-state index contributed by atoms with van der Waals surface area (Å²) in [6, 6.07) is 12.3. The number of hydrogen-bond donors (Lipinski definition) is 1. The maximum Gasteiger partial charge on any atom is 0.103 e. The van der Waals surface area contributed by atoms with E-state index < -0.39 is 6.10 Å². The number of rotatable bonds is 3. The van der Waals surface area contributed by atoms with Crippen molar-refractivity contribution in [2.75, 3.05) is 13.6 Å². The van der Waals surface area contributed by atoms with E-state index in [9.17, 15) is 5.11 Å². The van der Waals surface area contributed by atoms with Gasteiger partial charge in [0, 0.05) is 35.5 Å². The first kappa shape index (κ1) is 17.5. The van der Waals surface area contributed by atoms with Crippen LogP contribution in [-0.2, 0) is 19.5 Å². The fourth-order valence-electron chi connectivity index (χ4n) is 3.61. The van der Waals surface area contributed by atoms with Crippen LogP contribution >= 0.6 is 23.7 Å². The van der Waals surface area contributed by atoms with Crippen LogP contribution in [0.3, 0.4) is 0 Å². The van der Waals surface area contributed by atoms with Gasteiger partial charge in [0.25, 0.3) is 0 Å². The van der Waals surface area contributed by atoms with E-state index in [1.165, 1.54) is 26.4 Å². The monoisotopic (exact) mass is 362 g/mol. The fourth-order valence-corrected chi connectivity index (χ4v) is 4.68. The molecule has 0 saturated carbocycles. The lowest BCUT2D eigenvalue weighted by atomic mass is 10.1. The third-order valence-electron chi connectivity index (χ3n) is 4.78. The number of aliphatic hydroxyl groups excluding tert-OH is 1. The van der Waals surface area contributed by atoms with Crippen molar-refractivity contribution in [3.63, 3.8) is 0 Å². The second kappa shape index (κ2) is 6.89. The molecular weight excluding hydrogens is 340 g/mol. The van der Waals surface area contributed by atoms with E-state index in [-0.39, 0.29) is 12.4 Å². The van der Waals surface area contributed by atoms with Gasteiger partial charge in [0.1, 0.15) is 4.83 Å². The minimum absolute atomic E-state index is 0. The summed E-state index contributed by atoms with van der Waals surface area (Å²) < 4.78 is 2.37. The van der Waals surface area contributed by atoms with Gasteiger partial charge in [-0.1, -0.05) is 30.3 Å². The highest BCUT2D eigenvalue weighted by Crippen LogP contribution is 2.36. The molecule has 1 atom stereocenters. The first-order valence-corrected chi connectivity index (χ1v) is 8.97. The minimum atomic E-state index is -0.460. The summed E-state index contributed by atoms with van der Waals surface area (Å²) in [5.41, 5.74) is 3.86. The van der Waals surface area contributed by atoms with Gasteiger partial charge in [-0.05, 0) is 31.2 Å². The Bertz CT molecular complexity index is 840.